The largest absolute Gasteiger partial charge is 0.415 e. The van der Waals surface area contributed by atoms with Crippen LogP contribution in [0, 0.1) is 12.3 Å². The molecule has 1 aromatic carbocycles. The third-order valence-corrected chi connectivity index (χ3v) is 6.55. The minimum absolute atomic E-state index is 0.112. The molecule has 0 saturated carbocycles. The first-order valence-corrected chi connectivity index (χ1v) is 12.8. The van der Waals surface area contributed by atoms with E-state index in [4.69, 9.17) is 4.74 Å². The molecule has 0 bridgehead atoms. The van der Waals surface area contributed by atoms with Crippen molar-refractivity contribution >= 4 is 23.3 Å². The summed E-state index contributed by atoms with van der Waals surface area (Å²) in [5.74, 6) is 0.313. The molecule has 1 aliphatic heterocycles. The smallest absolute Gasteiger partial charge is 0.410 e. The van der Waals surface area contributed by atoms with Crippen LogP contribution in [-0.2, 0) is 6.42 Å². The second kappa shape index (κ2) is 10.9. The molecule has 1 N–H and O–H groups in total. The van der Waals surface area contributed by atoms with Gasteiger partial charge in [0.1, 0.15) is 5.75 Å². The quantitative estimate of drug-likeness (QED) is 0.611. The Hall–Kier alpha value is -2.45. The molecule has 0 unspecified atom stereocenters. The third kappa shape index (κ3) is 8.09. The summed E-state index contributed by atoms with van der Waals surface area (Å²) in [5.41, 5.74) is 1.48. The molecule has 0 radical (unpaired) electrons. The molecular formula is C26H38N4O3S. The van der Waals surface area contributed by atoms with Gasteiger partial charge in [-0.25, -0.2) is 9.78 Å². The van der Waals surface area contributed by atoms with Crippen molar-refractivity contribution in [1.82, 2.24) is 20.1 Å². The van der Waals surface area contributed by atoms with Gasteiger partial charge in [0, 0.05) is 55.6 Å². The van der Waals surface area contributed by atoms with Crippen LogP contribution in [0.5, 0.6) is 5.75 Å². The summed E-state index contributed by atoms with van der Waals surface area (Å²) in [7, 11) is 0. The monoisotopic (exact) mass is 486 g/mol. The molecule has 1 aliphatic rings. The van der Waals surface area contributed by atoms with Gasteiger partial charge in [-0.05, 0) is 56.9 Å². The fourth-order valence-corrected chi connectivity index (χ4v) is 5.19. The fraction of sp³-hybridized carbons (Fsp3) is 0.577. The summed E-state index contributed by atoms with van der Waals surface area (Å²) >= 11 is 1.68. The van der Waals surface area contributed by atoms with E-state index >= 15 is 0 Å². The van der Waals surface area contributed by atoms with Gasteiger partial charge in [0.05, 0.1) is 10.7 Å². The lowest BCUT2D eigenvalue weighted by atomic mass is 9.81. The topological polar surface area (TPSA) is 74.8 Å². The SMILES string of the molecule is Cc1nc(CCN2CCN(C(=O)Oc3ccc(C(=O)NC(C)(C)CC(C)(C)C)cc3)CC2)cs1. The van der Waals surface area contributed by atoms with E-state index in [1.807, 2.05) is 20.8 Å². The Morgan fingerprint density at radius 1 is 1.06 bits per heavy atom. The molecule has 1 saturated heterocycles. The Morgan fingerprint density at radius 3 is 2.26 bits per heavy atom. The summed E-state index contributed by atoms with van der Waals surface area (Å²) in [6.07, 6.45) is 1.44. The van der Waals surface area contributed by atoms with Gasteiger partial charge in [0.2, 0.25) is 0 Å². The Morgan fingerprint density at radius 2 is 1.71 bits per heavy atom. The van der Waals surface area contributed by atoms with Gasteiger partial charge in [0.25, 0.3) is 5.91 Å². The van der Waals surface area contributed by atoms with Crippen molar-refractivity contribution in [2.45, 2.75) is 59.9 Å². The lowest BCUT2D eigenvalue weighted by Gasteiger charge is -2.34. The van der Waals surface area contributed by atoms with Gasteiger partial charge in [-0.15, -0.1) is 11.3 Å². The van der Waals surface area contributed by atoms with Crippen LogP contribution >= 0.6 is 11.3 Å². The summed E-state index contributed by atoms with van der Waals surface area (Å²) in [5, 5.41) is 6.32. The number of aryl methyl sites for hydroxylation is 1. The number of nitrogens with one attached hydrogen (secondary N) is 1. The zero-order valence-corrected chi connectivity index (χ0v) is 22.1. The number of aromatic nitrogens is 1. The van der Waals surface area contributed by atoms with Gasteiger partial charge >= 0.3 is 6.09 Å². The molecule has 0 atom stereocenters. The molecule has 1 aromatic heterocycles. The molecule has 7 nitrogen and oxygen atoms in total. The molecule has 2 amide bonds. The van der Waals surface area contributed by atoms with E-state index in [2.05, 4.69) is 41.4 Å². The molecule has 2 heterocycles. The first kappa shape index (κ1) is 26.2. The number of piperazine rings is 1. The van der Waals surface area contributed by atoms with Gasteiger partial charge in [0.15, 0.2) is 0 Å². The number of thiazole rings is 1. The molecule has 2 aromatic rings. The summed E-state index contributed by atoms with van der Waals surface area (Å²) in [6, 6.07) is 6.75. The van der Waals surface area contributed by atoms with Gasteiger partial charge < -0.3 is 15.0 Å². The maximum absolute atomic E-state index is 12.7. The van der Waals surface area contributed by atoms with Crippen molar-refractivity contribution in [2.75, 3.05) is 32.7 Å². The van der Waals surface area contributed by atoms with Crippen LogP contribution in [0.1, 0.15) is 62.1 Å². The minimum Gasteiger partial charge on any atom is -0.410 e. The number of amides is 2. The van der Waals surface area contributed by atoms with Gasteiger partial charge in [-0.1, -0.05) is 20.8 Å². The first-order valence-electron chi connectivity index (χ1n) is 11.9. The van der Waals surface area contributed by atoms with Crippen molar-refractivity contribution in [2.24, 2.45) is 5.41 Å². The predicted octanol–water partition coefficient (Wildman–Crippen LogP) is 4.76. The summed E-state index contributed by atoms with van der Waals surface area (Å²) in [4.78, 5) is 33.9. The third-order valence-electron chi connectivity index (χ3n) is 5.73. The van der Waals surface area contributed by atoms with Crippen LogP contribution in [-0.4, -0.2) is 65.0 Å². The Bertz CT molecular complexity index is 971. The number of carbonyl (C=O) groups excluding carboxylic acids is 2. The minimum atomic E-state index is -0.349. The van der Waals surface area contributed by atoms with Crippen molar-refractivity contribution in [3.05, 3.63) is 45.9 Å². The maximum atomic E-state index is 12.7. The average Bonchev–Trinajstić information content (AvgIpc) is 3.16. The second-order valence-electron chi connectivity index (χ2n) is 10.9. The lowest BCUT2D eigenvalue weighted by Crippen LogP contribution is -2.49. The highest BCUT2D eigenvalue weighted by Gasteiger charge is 2.27. The van der Waals surface area contributed by atoms with Crippen LogP contribution in [0.3, 0.4) is 0 Å². The lowest BCUT2D eigenvalue weighted by molar-refractivity contribution is 0.0891. The van der Waals surface area contributed by atoms with Crippen molar-refractivity contribution in [3.8, 4) is 5.75 Å². The number of ether oxygens (including phenoxy) is 1. The van der Waals surface area contributed by atoms with E-state index in [0.29, 0.717) is 24.4 Å². The van der Waals surface area contributed by atoms with E-state index in [1.165, 1.54) is 0 Å². The summed E-state index contributed by atoms with van der Waals surface area (Å²) in [6.45, 7) is 16.4. The number of benzene rings is 1. The zero-order chi connectivity index (χ0) is 24.9. The number of rotatable bonds is 7. The molecule has 8 heteroatoms. The average molecular weight is 487 g/mol. The summed E-state index contributed by atoms with van der Waals surface area (Å²) < 4.78 is 5.55. The van der Waals surface area contributed by atoms with E-state index in [-0.39, 0.29) is 23.0 Å². The molecule has 34 heavy (non-hydrogen) atoms. The van der Waals surface area contributed by atoms with Crippen molar-refractivity contribution in [1.29, 1.82) is 0 Å². The molecule has 0 spiro atoms. The molecule has 1 fully saturated rings. The molecule has 0 aliphatic carbocycles. The zero-order valence-electron chi connectivity index (χ0n) is 21.3. The van der Waals surface area contributed by atoms with Crippen LogP contribution in [0.2, 0.25) is 0 Å². The van der Waals surface area contributed by atoms with Gasteiger partial charge in [-0.3, -0.25) is 9.69 Å². The molecular weight excluding hydrogens is 448 g/mol. The highest BCUT2D eigenvalue weighted by atomic mass is 32.1. The van der Waals surface area contributed by atoms with E-state index < -0.39 is 0 Å². The maximum Gasteiger partial charge on any atom is 0.415 e. The number of carbonyl (C=O) groups is 2. The normalized spacial score (nSPS) is 15.3. The predicted molar refractivity (Wildman–Crippen MR) is 137 cm³/mol. The standard InChI is InChI=1S/C26H38N4O3S/c1-19-27-21(17-34-19)11-12-29-13-15-30(16-14-29)24(32)33-22-9-7-20(8-10-22)23(31)28-26(5,6)18-25(2,3)4/h7-10,17H,11-16,18H2,1-6H3,(H,28,31). The van der Waals surface area contributed by atoms with Crippen molar-refractivity contribution < 1.29 is 14.3 Å². The van der Waals surface area contributed by atoms with E-state index in [0.717, 1.165) is 43.2 Å². The van der Waals surface area contributed by atoms with Gasteiger partial charge in [-0.2, -0.15) is 0 Å². The fourth-order valence-electron chi connectivity index (χ4n) is 4.54. The Kier molecular flexibility index (Phi) is 8.36. The van der Waals surface area contributed by atoms with Crippen LogP contribution in [0.25, 0.3) is 0 Å². The van der Waals surface area contributed by atoms with Crippen molar-refractivity contribution in [3.63, 3.8) is 0 Å². The van der Waals surface area contributed by atoms with Crippen LogP contribution < -0.4 is 10.1 Å². The molecule has 186 valence electrons. The van der Waals surface area contributed by atoms with E-state index in [1.54, 1.807) is 40.5 Å². The van der Waals surface area contributed by atoms with E-state index in [9.17, 15) is 9.59 Å². The molecule has 3 rings (SSSR count). The number of hydrogen-bond acceptors (Lipinski definition) is 6. The number of hydrogen-bond donors (Lipinski definition) is 1. The van der Waals surface area contributed by atoms with Crippen LogP contribution in [0.15, 0.2) is 29.6 Å². The second-order valence-corrected chi connectivity index (χ2v) is 12.0. The highest BCUT2D eigenvalue weighted by Crippen LogP contribution is 2.27. The Balaban J connectivity index is 1.44. The Labute approximate surface area is 207 Å². The highest BCUT2D eigenvalue weighted by molar-refractivity contribution is 7.09. The van der Waals surface area contributed by atoms with Crippen LogP contribution in [0.4, 0.5) is 4.79 Å². The first-order chi connectivity index (χ1) is 15.9. The number of nitrogens with zero attached hydrogens (tertiary/aromatic N) is 3.